The van der Waals surface area contributed by atoms with Gasteiger partial charge in [-0.2, -0.15) is 0 Å². The van der Waals surface area contributed by atoms with Crippen molar-refractivity contribution in [2.75, 3.05) is 20.2 Å². The van der Waals surface area contributed by atoms with E-state index < -0.39 is 6.10 Å². The number of aliphatic hydroxyl groups is 2. The molecule has 1 fully saturated rings. The van der Waals surface area contributed by atoms with Gasteiger partial charge in [0.2, 0.25) is 0 Å². The Hall–Kier alpha value is -2.81. The molecule has 2 heterocycles. The van der Waals surface area contributed by atoms with Gasteiger partial charge in [0.05, 0.1) is 23.1 Å². The summed E-state index contributed by atoms with van der Waals surface area (Å²) in [6.07, 6.45) is 1.71. The number of aliphatic hydroxyl groups excluding tert-OH is 2. The number of likely N-dealkylation sites (N-methyl/N-ethyl adjacent to an activating group) is 1. The maximum atomic E-state index is 10.3. The standard InChI is InChI=1S/C27H36N4O4/c1-15-9-19(11-24(15)33)10-23-16(2)26(25-17(3)31-35-18(25)4)30-27(29-23)20-7-6-8-22(12-20)34-14-21(32)13-28-5/h6-8,12,15,19,21,24,28,32-33H,9-11,13-14H2,1-5H3/t15-,19?,21?,24-/m1/s1. The average molecular weight is 481 g/mol. The van der Waals surface area contributed by atoms with Crippen molar-refractivity contribution >= 4 is 0 Å². The number of nitrogens with one attached hydrogen (secondary N) is 1. The summed E-state index contributed by atoms with van der Waals surface area (Å²) in [5.41, 5.74) is 5.34. The Morgan fingerprint density at radius 2 is 2.00 bits per heavy atom. The molecule has 0 saturated heterocycles. The summed E-state index contributed by atoms with van der Waals surface area (Å²) in [5.74, 6) is 2.66. The van der Waals surface area contributed by atoms with Crippen molar-refractivity contribution in [3.05, 3.63) is 47.0 Å². The van der Waals surface area contributed by atoms with E-state index in [4.69, 9.17) is 19.2 Å². The zero-order valence-corrected chi connectivity index (χ0v) is 21.2. The van der Waals surface area contributed by atoms with Gasteiger partial charge in [0.15, 0.2) is 5.82 Å². The molecule has 0 radical (unpaired) electrons. The molecule has 2 aromatic heterocycles. The van der Waals surface area contributed by atoms with Crippen LogP contribution >= 0.6 is 0 Å². The molecule has 1 aromatic carbocycles. The topological polar surface area (TPSA) is 114 Å². The third-order valence-corrected chi connectivity index (χ3v) is 6.91. The van der Waals surface area contributed by atoms with Gasteiger partial charge >= 0.3 is 0 Å². The maximum absolute atomic E-state index is 10.3. The summed E-state index contributed by atoms with van der Waals surface area (Å²) in [7, 11) is 1.79. The van der Waals surface area contributed by atoms with E-state index in [1.54, 1.807) is 7.05 Å². The highest BCUT2D eigenvalue weighted by atomic mass is 16.5. The van der Waals surface area contributed by atoms with Crippen LogP contribution < -0.4 is 10.1 Å². The van der Waals surface area contributed by atoms with Crippen LogP contribution in [-0.4, -0.2) is 57.7 Å². The van der Waals surface area contributed by atoms with E-state index in [9.17, 15) is 10.2 Å². The SMILES string of the molecule is CNCC(O)COc1cccc(-c2nc(CC3C[C@@H](C)[C@H](O)C3)c(C)c(-c3c(C)noc3C)n2)c1. The van der Waals surface area contributed by atoms with Crippen molar-refractivity contribution in [2.24, 2.45) is 11.8 Å². The van der Waals surface area contributed by atoms with E-state index in [-0.39, 0.29) is 12.7 Å². The number of hydrogen-bond donors (Lipinski definition) is 3. The van der Waals surface area contributed by atoms with E-state index in [1.165, 1.54) is 0 Å². The van der Waals surface area contributed by atoms with Crippen LogP contribution in [0.25, 0.3) is 22.6 Å². The first-order chi connectivity index (χ1) is 16.8. The summed E-state index contributed by atoms with van der Waals surface area (Å²) in [6, 6.07) is 7.63. The van der Waals surface area contributed by atoms with E-state index in [0.29, 0.717) is 30.0 Å². The second kappa shape index (κ2) is 10.8. The second-order valence-corrected chi connectivity index (χ2v) is 9.80. The molecule has 8 heteroatoms. The van der Waals surface area contributed by atoms with E-state index in [2.05, 4.69) is 24.3 Å². The molecule has 35 heavy (non-hydrogen) atoms. The normalized spacial score (nSPS) is 20.8. The maximum Gasteiger partial charge on any atom is 0.160 e. The molecule has 3 aromatic rings. The number of benzene rings is 1. The Balaban J connectivity index is 1.71. The van der Waals surface area contributed by atoms with Gasteiger partial charge in [0.1, 0.15) is 24.2 Å². The fourth-order valence-corrected chi connectivity index (χ4v) is 4.96. The largest absolute Gasteiger partial charge is 0.491 e. The van der Waals surface area contributed by atoms with Crippen LogP contribution in [0, 0.1) is 32.6 Å². The van der Waals surface area contributed by atoms with Gasteiger partial charge in [-0.05, 0) is 76.6 Å². The first-order valence-corrected chi connectivity index (χ1v) is 12.3. The number of nitrogens with zero attached hydrogens (tertiary/aromatic N) is 3. The highest BCUT2D eigenvalue weighted by Crippen LogP contribution is 2.36. The highest BCUT2D eigenvalue weighted by molar-refractivity contribution is 5.71. The van der Waals surface area contributed by atoms with Crippen LogP contribution in [0.5, 0.6) is 5.75 Å². The molecule has 0 aliphatic heterocycles. The fourth-order valence-electron chi connectivity index (χ4n) is 4.96. The Bertz CT molecular complexity index is 1130. The highest BCUT2D eigenvalue weighted by Gasteiger charge is 2.31. The van der Waals surface area contributed by atoms with E-state index in [0.717, 1.165) is 58.8 Å². The summed E-state index contributed by atoms with van der Waals surface area (Å²) >= 11 is 0. The van der Waals surface area contributed by atoms with E-state index in [1.807, 2.05) is 38.1 Å². The lowest BCUT2D eigenvalue weighted by Crippen LogP contribution is -2.29. The third kappa shape index (κ3) is 5.72. The first kappa shape index (κ1) is 25.3. The Morgan fingerprint density at radius 3 is 2.66 bits per heavy atom. The van der Waals surface area contributed by atoms with Gasteiger partial charge in [0.25, 0.3) is 0 Å². The van der Waals surface area contributed by atoms with Crippen LogP contribution in [0.15, 0.2) is 28.8 Å². The Morgan fingerprint density at radius 1 is 1.20 bits per heavy atom. The number of ether oxygens (including phenoxy) is 1. The first-order valence-electron chi connectivity index (χ1n) is 12.3. The smallest absolute Gasteiger partial charge is 0.160 e. The Kier molecular flexibility index (Phi) is 7.84. The molecule has 0 bridgehead atoms. The predicted octanol–water partition coefficient (Wildman–Crippen LogP) is 3.63. The van der Waals surface area contributed by atoms with Crippen molar-refractivity contribution in [1.29, 1.82) is 0 Å². The van der Waals surface area contributed by atoms with E-state index >= 15 is 0 Å². The van der Waals surface area contributed by atoms with Crippen molar-refractivity contribution in [1.82, 2.24) is 20.4 Å². The monoisotopic (exact) mass is 480 g/mol. The van der Waals surface area contributed by atoms with Gasteiger partial charge < -0.3 is 24.8 Å². The molecule has 4 atom stereocenters. The fraction of sp³-hybridized carbons (Fsp3) is 0.519. The quantitative estimate of drug-likeness (QED) is 0.425. The molecular formula is C27H36N4O4. The zero-order valence-electron chi connectivity index (χ0n) is 21.2. The summed E-state index contributed by atoms with van der Waals surface area (Å²) in [5, 5.41) is 27.4. The molecule has 0 amide bonds. The second-order valence-electron chi connectivity index (χ2n) is 9.80. The van der Waals surface area contributed by atoms with Gasteiger partial charge in [-0.1, -0.05) is 24.2 Å². The minimum absolute atomic E-state index is 0.191. The van der Waals surface area contributed by atoms with Crippen LogP contribution in [0.3, 0.4) is 0 Å². The third-order valence-electron chi connectivity index (χ3n) is 6.91. The lowest BCUT2D eigenvalue weighted by molar-refractivity contribution is 0.108. The van der Waals surface area contributed by atoms with Crippen LogP contribution in [-0.2, 0) is 6.42 Å². The van der Waals surface area contributed by atoms with Crippen LogP contribution in [0.4, 0.5) is 0 Å². The molecule has 8 nitrogen and oxygen atoms in total. The minimum Gasteiger partial charge on any atom is -0.491 e. The Labute approximate surface area is 206 Å². The number of aryl methyl sites for hydroxylation is 2. The van der Waals surface area contributed by atoms with Crippen molar-refractivity contribution in [2.45, 2.75) is 59.2 Å². The number of rotatable bonds is 9. The van der Waals surface area contributed by atoms with Gasteiger partial charge in [-0.15, -0.1) is 0 Å². The van der Waals surface area contributed by atoms with Crippen LogP contribution in [0.1, 0.15) is 42.5 Å². The molecule has 0 spiro atoms. The summed E-state index contributed by atoms with van der Waals surface area (Å²) < 4.78 is 11.3. The van der Waals surface area contributed by atoms with Crippen molar-refractivity contribution in [3.8, 4) is 28.4 Å². The summed E-state index contributed by atoms with van der Waals surface area (Å²) in [4.78, 5) is 9.96. The molecule has 1 saturated carbocycles. The van der Waals surface area contributed by atoms with Crippen LogP contribution in [0.2, 0.25) is 0 Å². The predicted molar refractivity (Wildman–Crippen MR) is 134 cm³/mol. The van der Waals surface area contributed by atoms with Crippen molar-refractivity contribution in [3.63, 3.8) is 0 Å². The zero-order chi connectivity index (χ0) is 25.1. The molecule has 2 unspecified atom stereocenters. The summed E-state index contributed by atoms with van der Waals surface area (Å²) in [6.45, 7) is 8.63. The molecule has 3 N–H and O–H groups in total. The molecule has 1 aliphatic rings. The number of aromatic nitrogens is 3. The van der Waals surface area contributed by atoms with Gasteiger partial charge in [-0.3, -0.25) is 0 Å². The molecular weight excluding hydrogens is 444 g/mol. The minimum atomic E-state index is -0.596. The average Bonchev–Trinajstić information content (AvgIpc) is 3.33. The lowest BCUT2D eigenvalue weighted by atomic mass is 9.95. The number of hydrogen-bond acceptors (Lipinski definition) is 8. The lowest BCUT2D eigenvalue weighted by Gasteiger charge is -2.16. The molecule has 188 valence electrons. The van der Waals surface area contributed by atoms with Gasteiger partial charge in [-0.25, -0.2) is 9.97 Å². The van der Waals surface area contributed by atoms with Gasteiger partial charge in [0, 0.05) is 17.8 Å². The molecule has 1 aliphatic carbocycles. The van der Waals surface area contributed by atoms with Crippen molar-refractivity contribution < 1.29 is 19.5 Å². The molecule has 4 rings (SSSR count).